The number of amides is 2. The Labute approximate surface area is 134 Å². The van der Waals surface area contributed by atoms with E-state index < -0.39 is 11.9 Å². The number of carbonyl (C=O) groups excluding carboxylic acids is 2. The summed E-state index contributed by atoms with van der Waals surface area (Å²) in [6.07, 6.45) is 1.03. The van der Waals surface area contributed by atoms with Gasteiger partial charge in [0.25, 0.3) is 5.91 Å². The monoisotopic (exact) mass is 317 g/mol. The van der Waals surface area contributed by atoms with Crippen LogP contribution in [0.15, 0.2) is 29.4 Å². The number of aliphatic carboxylic acids is 1. The molecular formula is C16H19N3O4. The van der Waals surface area contributed by atoms with E-state index in [0.717, 1.165) is 5.56 Å². The number of nitrogens with one attached hydrogen (secondary N) is 1. The Kier molecular flexibility index (Phi) is 5.10. The number of benzene rings is 1. The lowest BCUT2D eigenvalue weighted by Crippen LogP contribution is -2.34. The van der Waals surface area contributed by atoms with Gasteiger partial charge in [-0.15, -0.1) is 0 Å². The Morgan fingerprint density at radius 3 is 2.52 bits per heavy atom. The fraction of sp³-hybridized carbons (Fsp3) is 0.375. The van der Waals surface area contributed by atoms with Gasteiger partial charge in [-0.25, -0.2) is 5.01 Å². The molecule has 0 spiro atoms. The van der Waals surface area contributed by atoms with Crippen LogP contribution >= 0.6 is 0 Å². The van der Waals surface area contributed by atoms with Gasteiger partial charge in [0, 0.05) is 25.6 Å². The summed E-state index contributed by atoms with van der Waals surface area (Å²) in [7, 11) is 1.52. The molecule has 0 saturated carbocycles. The molecule has 7 nitrogen and oxygen atoms in total. The number of anilines is 1. The highest BCUT2D eigenvalue weighted by Gasteiger charge is 2.22. The molecule has 0 saturated heterocycles. The van der Waals surface area contributed by atoms with Gasteiger partial charge in [0.05, 0.1) is 5.92 Å². The standard InChI is InChI=1S/C16H19N3O4/c1-10(16(22)23)9-11-3-5-12(6-4-11)17-15(21)13-7-8-14(20)19(2)18-13/h3-6,10H,7-9H2,1-2H3,(H,17,21)(H,22,23)/t10-/m0/s1. The van der Waals surface area contributed by atoms with Crippen molar-refractivity contribution in [1.82, 2.24) is 5.01 Å². The highest BCUT2D eigenvalue weighted by molar-refractivity contribution is 6.43. The first-order chi connectivity index (χ1) is 10.9. The van der Waals surface area contributed by atoms with Gasteiger partial charge in [-0.2, -0.15) is 5.10 Å². The molecule has 0 fully saturated rings. The fourth-order valence-corrected chi connectivity index (χ4v) is 2.20. The van der Waals surface area contributed by atoms with E-state index in [1.807, 2.05) is 0 Å². The van der Waals surface area contributed by atoms with Crippen LogP contribution in [0.1, 0.15) is 25.3 Å². The van der Waals surface area contributed by atoms with E-state index in [4.69, 9.17) is 5.11 Å². The van der Waals surface area contributed by atoms with Gasteiger partial charge in [-0.1, -0.05) is 19.1 Å². The van der Waals surface area contributed by atoms with Gasteiger partial charge in [0.15, 0.2) is 0 Å². The number of hydrogen-bond acceptors (Lipinski definition) is 4. The van der Waals surface area contributed by atoms with E-state index in [9.17, 15) is 14.4 Å². The molecule has 122 valence electrons. The SMILES string of the molecule is C[C@@H](Cc1ccc(NC(=O)C2=NN(C)C(=O)CC2)cc1)C(=O)O. The van der Waals surface area contributed by atoms with Gasteiger partial charge in [-0.3, -0.25) is 14.4 Å². The van der Waals surface area contributed by atoms with E-state index >= 15 is 0 Å². The summed E-state index contributed by atoms with van der Waals surface area (Å²) < 4.78 is 0. The van der Waals surface area contributed by atoms with Crippen molar-refractivity contribution < 1.29 is 19.5 Å². The average Bonchev–Trinajstić information content (AvgIpc) is 2.51. The van der Waals surface area contributed by atoms with Gasteiger partial charge in [-0.05, 0) is 24.1 Å². The Hall–Kier alpha value is -2.70. The molecule has 0 unspecified atom stereocenters. The number of rotatable bonds is 5. The molecule has 0 radical (unpaired) electrons. The molecule has 2 N–H and O–H groups in total. The summed E-state index contributed by atoms with van der Waals surface area (Å²) in [6.45, 7) is 1.65. The van der Waals surface area contributed by atoms with Crippen LogP contribution in [0.5, 0.6) is 0 Å². The average molecular weight is 317 g/mol. The summed E-state index contributed by atoms with van der Waals surface area (Å²) in [4.78, 5) is 34.3. The molecule has 1 heterocycles. The van der Waals surface area contributed by atoms with Crippen molar-refractivity contribution in [3.8, 4) is 0 Å². The Bertz CT molecular complexity index is 652. The summed E-state index contributed by atoms with van der Waals surface area (Å²) in [5.74, 6) is -1.74. The third kappa shape index (κ3) is 4.38. The van der Waals surface area contributed by atoms with Crippen molar-refractivity contribution in [2.75, 3.05) is 12.4 Å². The van der Waals surface area contributed by atoms with Gasteiger partial charge >= 0.3 is 5.97 Å². The minimum absolute atomic E-state index is 0.113. The first kappa shape index (κ1) is 16.7. The molecular weight excluding hydrogens is 298 g/mol. The summed E-state index contributed by atoms with van der Waals surface area (Å²) >= 11 is 0. The van der Waals surface area contributed by atoms with Crippen molar-refractivity contribution in [3.63, 3.8) is 0 Å². The minimum Gasteiger partial charge on any atom is -0.481 e. The van der Waals surface area contributed by atoms with Crippen LogP contribution in [0.3, 0.4) is 0 Å². The molecule has 1 aromatic rings. The predicted molar refractivity (Wildman–Crippen MR) is 85.0 cm³/mol. The predicted octanol–water partition coefficient (Wildman–Crippen LogP) is 1.50. The van der Waals surface area contributed by atoms with E-state index in [-0.39, 0.29) is 18.2 Å². The molecule has 0 aromatic heterocycles. The normalized spacial score (nSPS) is 15.8. The zero-order valence-corrected chi connectivity index (χ0v) is 13.1. The van der Waals surface area contributed by atoms with E-state index in [2.05, 4.69) is 10.4 Å². The number of carbonyl (C=O) groups is 3. The van der Waals surface area contributed by atoms with Crippen LogP contribution in [-0.2, 0) is 20.8 Å². The number of hydrazone groups is 1. The third-order valence-corrected chi connectivity index (χ3v) is 3.64. The van der Waals surface area contributed by atoms with Crippen molar-refractivity contribution in [2.45, 2.75) is 26.2 Å². The number of carboxylic acids is 1. The summed E-state index contributed by atoms with van der Waals surface area (Å²) in [5, 5.41) is 16.8. The van der Waals surface area contributed by atoms with E-state index in [1.165, 1.54) is 12.1 Å². The van der Waals surface area contributed by atoms with Crippen LogP contribution in [-0.4, -0.2) is 40.7 Å². The van der Waals surface area contributed by atoms with Crippen molar-refractivity contribution in [3.05, 3.63) is 29.8 Å². The van der Waals surface area contributed by atoms with Crippen LogP contribution in [0, 0.1) is 5.92 Å². The largest absolute Gasteiger partial charge is 0.481 e. The molecule has 0 bridgehead atoms. The van der Waals surface area contributed by atoms with Crippen molar-refractivity contribution in [1.29, 1.82) is 0 Å². The van der Waals surface area contributed by atoms with Gasteiger partial charge < -0.3 is 10.4 Å². The molecule has 1 atom stereocenters. The Balaban J connectivity index is 1.98. The zero-order chi connectivity index (χ0) is 17.0. The van der Waals surface area contributed by atoms with E-state index in [1.54, 1.807) is 31.2 Å². The number of hydrogen-bond donors (Lipinski definition) is 2. The Morgan fingerprint density at radius 1 is 1.30 bits per heavy atom. The first-order valence-corrected chi connectivity index (χ1v) is 7.34. The lowest BCUT2D eigenvalue weighted by atomic mass is 10.0. The molecule has 0 aliphatic carbocycles. The van der Waals surface area contributed by atoms with E-state index in [0.29, 0.717) is 24.2 Å². The van der Waals surface area contributed by atoms with Crippen molar-refractivity contribution >= 4 is 29.2 Å². The lowest BCUT2D eigenvalue weighted by molar-refractivity contribution is -0.141. The summed E-state index contributed by atoms with van der Waals surface area (Å²) in [5.41, 5.74) is 1.80. The second kappa shape index (κ2) is 7.04. The zero-order valence-electron chi connectivity index (χ0n) is 13.1. The maximum absolute atomic E-state index is 12.1. The minimum atomic E-state index is -0.837. The highest BCUT2D eigenvalue weighted by Crippen LogP contribution is 2.15. The van der Waals surface area contributed by atoms with Crippen LogP contribution in [0.25, 0.3) is 0 Å². The number of nitrogens with zero attached hydrogens (tertiary/aromatic N) is 2. The Morgan fingerprint density at radius 2 is 1.96 bits per heavy atom. The van der Waals surface area contributed by atoms with Crippen molar-refractivity contribution in [2.24, 2.45) is 11.0 Å². The van der Waals surface area contributed by atoms with Gasteiger partial charge in [0.2, 0.25) is 5.91 Å². The molecule has 1 aromatic carbocycles. The molecule has 23 heavy (non-hydrogen) atoms. The molecule has 1 aliphatic heterocycles. The van der Waals surface area contributed by atoms with Crippen LogP contribution < -0.4 is 5.32 Å². The highest BCUT2D eigenvalue weighted by atomic mass is 16.4. The molecule has 7 heteroatoms. The maximum Gasteiger partial charge on any atom is 0.306 e. The smallest absolute Gasteiger partial charge is 0.306 e. The fourth-order valence-electron chi connectivity index (χ4n) is 2.20. The second-order valence-corrected chi connectivity index (χ2v) is 5.56. The topological polar surface area (TPSA) is 99.1 Å². The quantitative estimate of drug-likeness (QED) is 0.859. The second-order valence-electron chi connectivity index (χ2n) is 5.56. The molecule has 1 aliphatic rings. The molecule has 2 amide bonds. The molecule has 2 rings (SSSR count). The van der Waals surface area contributed by atoms with Crippen LogP contribution in [0.2, 0.25) is 0 Å². The lowest BCUT2D eigenvalue weighted by Gasteiger charge is -2.19. The maximum atomic E-state index is 12.1. The first-order valence-electron chi connectivity index (χ1n) is 7.34. The number of carboxylic acid groups (broad SMARTS) is 1. The van der Waals surface area contributed by atoms with Gasteiger partial charge in [0.1, 0.15) is 5.71 Å². The van der Waals surface area contributed by atoms with Crippen LogP contribution in [0.4, 0.5) is 5.69 Å². The summed E-state index contributed by atoms with van der Waals surface area (Å²) in [6, 6.07) is 7.01. The third-order valence-electron chi connectivity index (χ3n) is 3.64.